The average Bonchev–Trinajstić information content (AvgIpc) is 2.77. The molecule has 114 valence electrons. The van der Waals surface area contributed by atoms with Crippen LogP contribution in [-0.4, -0.2) is 14.8 Å². The summed E-state index contributed by atoms with van der Waals surface area (Å²) in [7, 11) is -3.79. The molecule has 1 aromatic carbocycles. The number of anilines is 1. The van der Waals surface area contributed by atoms with Gasteiger partial charge in [0.2, 0.25) is 0 Å². The second kappa shape index (κ2) is 5.85. The van der Waals surface area contributed by atoms with Gasteiger partial charge >= 0.3 is 6.36 Å². The summed E-state index contributed by atoms with van der Waals surface area (Å²) in [5, 5.41) is 1.60. The second-order valence-corrected chi connectivity index (χ2v) is 7.38. The van der Waals surface area contributed by atoms with Crippen molar-refractivity contribution in [3.8, 4) is 5.75 Å². The number of halogens is 4. The maximum Gasteiger partial charge on any atom is 0.573 e. The van der Waals surface area contributed by atoms with Crippen molar-refractivity contribution in [2.75, 3.05) is 4.72 Å². The maximum absolute atomic E-state index is 12.1. The fraction of sp³-hybridized carbons (Fsp3) is 0.0909. The van der Waals surface area contributed by atoms with Crippen LogP contribution >= 0.6 is 27.3 Å². The predicted molar refractivity (Wildman–Crippen MR) is 76.0 cm³/mol. The van der Waals surface area contributed by atoms with Crippen LogP contribution in [0.3, 0.4) is 0 Å². The van der Waals surface area contributed by atoms with Crippen molar-refractivity contribution in [1.29, 1.82) is 0 Å². The average molecular weight is 402 g/mol. The molecule has 21 heavy (non-hydrogen) atoms. The quantitative estimate of drug-likeness (QED) is 0.834. The van der Waals surface area contributed by atoms with Gasteiger partial charge in [0.15, 0.2) is 4.21 Å². The number of hydrogen-bond acceptors (Lipinski definition) is 4. The van der Waals surface area contributed by atoms with Gasteiger partial charge in [0.25, 0.3) is 10.0 Å². The first-order valence-electron chi connectivity index (χ1n) is 5.29. The molecule has 0 unspecified atom stereocenters. The van der Waals surface area contributed by atoms with Crippen molar-refractivity contribution in [2.24, 2.45) is 0 Å². The Kier molecular flexibility index (Phi) is 4.49. The Balaban J connectivity index is 2.16. The zero-order valence-electron chi connectivity index (χ0n) is 10.0. The lowest BCUT2D eigenvalue weighted by molar-refractivity contribution is -0.274. The van der Waals surface area contributed by atoms with E-state index in [1.165, 1.54) is 12.1 Å². The van der Waals surface area contributed by atoms with Crippen LogP contribution in [0.2, 0.25) is 0 Å². The van der Waals surface area contributed by atoms with Crippen molar-refractivity contribution < 1.29 is 26.3 Å². The topological polar surface area (TPSA) is 55.4 Å². The third kappa shape index (κ3) is 4.35. The molecule has 0 aliphatic heterocycles. The van der Waals surface area contributed by atoms with Crippen molar-refractivity contribution >= 4 is 43.0 Å². The summed E-state index contributed by atoms with van der Waals surface area (Å²) in [4.78, 5) is 0. The van der Waals surface area contributed by atoms with Crippen molar-refractivity contribution in [3.63, 3.8) is 0 Å². The summed E-state index contributed by atoms with van der Waals surface area (Å²) in [6.45, 7) is 0. The zero-order chi connectivity index (χ0) is 15.7. The smallest absolute Gasteiger partial charge is 0.406 e. The Bertz CT molecular complexity index is 726. The molecule has 0 saturated carbocycles. The van der Waals surface area contributed by atoms with E-state index in [4.69, 9.17) is 0 Å². The number of sulfonamides is 1. The number of ether oxygens (including phenoxy) is 1. The number of benzene rings is 1. The van der Waals surface area contributed by atoms with Crippen LogP contribution in [-0.2, 0) is 10.0 Å². The van der Waals surface area contributed by atoms with Crippen LogP contribution in [0.4, 0.5) is 18.9 Å². The molecule has 0 fully saturated rings. The monoisotopic (exact) mass is 401 g/mol. The van der Waals surface area contributed by atoms with E-state index in [9.17, 15) is 21.6 Å². The summed E-state index contributed by atoms with van der Waals surface area (Å²) in [6, 6.07) is 5.99. The number of alkyl halides is 3. The molecule has 4 nitrogen and oxygen atoms in total. The molecule has 10 heteroatoms. The molecule has 0 amide bonds. The Hall–Kier alpha value is -1.26. The highest BCUT2D eigenvalue weighted by Crippen LogP contribution is 2.30. The van der Waals surface area contributed by atoms with Gasteiger partial charge in [-0.15, -0.1) is 24.5 Å². The molecule has 0 atom stereocenters. The van der Waals surface area contributed by atoms with Crippen molar-refractivity contribution in [1.82, 2.24) is 0 Å². The lowest BCUT2D eigenvalue weighted by Crippen LogP contribution is -2.17. The lowest BCUT2D eigenvalue weighted by atomic mass is 10.3. The molecule has 2 aromatic rings. The Labute approximate surface area is 130 Å². The third-order valence-electron chi connectivity index (χ3n) is 2.17. The van der Waals surface area contributed by atoms with E-state index in [0.717, 1.165) is 23.5 Å². The zero-order valence-corrected chi connectivity index (χ0v) is 13.2. The number of hydrogen-bond donors (Lipinski definition) is 1. The third-order valence-corrected chi connectivity index (χ3v) is 6.22. The number of rotatable bonds is 4. The molecular weight excluding hydrogens is 395 g/mol. The van der Waals surface area contributed by atoms with Gasteiger partial charge in [0, 0.05) is 10.2 Å². The largest absolute Gasteiger partial charge is 0.573 e. The minimum Gasteiger partial charge on any atom is -0.406 e. The first kappa shape index (κ1) is 16.1. The maximum atomic E-state index is 12.1. The normalized spacial score (nSPS) is 12.2. The van der Waals surface area contributed by atoms with Gasteiger partial charge in [-0.25, -0.2) is 8.42 Å². The Morgan fingerprint density at radius 3 is 2.24 bits per heavy atom. The van der Waals surface area contributed by atoms with E-state index in [2.05, 4.69) is 25.4 Å². The van der Waals surface area contributed by atoms with Crippen molar-refractivity contribution in [2.45, 2.75) is 10.6 Å². The van der Waals surface area contributed by atoms with Gasteiger partial charge in [0.1, 0.15) is 5.75 Å². The van der Waals surface area contributed by atoms with E-state index in [1.54, 1.807) is 11.4 Å². The fourth-order valence-electron chi connectivity index (χ4n) is 1.40. The first-order chi connectivity index (χ1) is 9.67. The van der Waals surface area contributed by atoms with Gasteiger partial charge in [-0.3, -0.25) is 4.72 Å². The summed E-state index contributed by atoms with van der Waals surface area (Å²) in [6.07, 6.45) is -4.79. The van der Waals surface area contributed by atoms with Crippen LogP contribution in [0.25, 0.3) is 0 Å². The minimum atomic E-state index is -4.79. The summed E-state index contributed by atoms with van der Waals surface area (Å²) >= 11 is 4.12. The highest BCUT2D eigenvalue weighted by Gasteiger charge is 2.31. The van der Waals surface area contributed by atoms with Gasteiger partial charge in [-0.2, -0.15) is 0 Å². The summed E-state index contributed by atoms with van der Waals surface area (Å²) < 4.78 is 66.6. The van der Waals surface area contributed by atoms with Gasteiger partial charge in [-0.05, 0) is 51.6 Å². The van der Waals surface area contributed by atoms with E-state index in [1.807, 2.05) is 0 Å². The Morgan fingerprint density at radius 2 is 1.76 bits per heavy atom. The molecule has 1 N–H and O–H groups in total. The molecule has 1 aromatic heterocycles. The van der Waals surface area contributed by atoms with Crippen LogP contribution in [0.15, 0.2) is 44.4 Å². The van der Waals surface area contributed by atoms with Gasteiger partial charge in [0.05, 0.1) is 0 Å². The predicted octanol–water partition coefficient (Wildman–Crippen LogP) is 4.21. The molecule has 1 heterocycles. The molecule has 0 bridgehead atoms. The number of thiophene rings is 1. The van der Waals surface area contributed by atoms with Crippen LogP contribution in [0, 0.1) is 0 Å². The highest BCUT2D eigenvalue weighted by molar-refractivity contribution is 9.10. The standard InChI is InChI=1S/C11H7BrF3NO3S2/c12-9-5-6-20-10(9)21(17,18)16-7-1-3-8(4-2-7)19-11(13,14)15/h1-6,16H. The van der Waals surface area contributed by atoms with Gasteiger partial charge < -0.3 is 4.74 Å². The van der Waals surface area contributed by atoms with E-state index in [-0.39, 0.29) is 9.90 Å². The molecule has 0 aliphatic rings. The van der Waals surface area contributed by atoms with Gasteiger partial charge in [-0.1, -0.05) is 0 Å². The summed E-state index contributed by atoms with van der Waals surface area (Å²) in [5.41, 5.74) is 0.129. The fourth-order valence-corrected chi connectivity index (χ4v) is 4.80. The SMILES string of the molecule is O=S(=O)(Nc1ccc(OC(F)(F)F)cc1)c1sccc1Br. The van der Waals surface area contributed by atoms with E-state index < -0.39 is 22.1 Å². The molecule has 0 saturated heterocycles. The van der Waals surface area contributed by atoms with Crippen LogP contribution in [0.1, 0.15) is 0 Å². The lowest BCUT2D eigenvalue weighted by Gasteiger charge is -2.10. The minimum absolute atomic E-state index is 0.0816. The molecule has 0 radical (unpaired) electrons. The molecule has 2 rings (SSSR count). The Morgan fingerprint density at radius 1 is 1.14 bits per heavy atom. The highest BCUT2D eigenvalue weighted by atomic mass is 79.9. The summed E-state index contributed by atoms with van der Waals surface area (Å²) in [5.74, 6) is -0.428. The number of nitrogens with one attached hydrogen (secondary N) is 1. The van der Waals surface area contributed by atoms with Crippen LogP contribution < -0.4 is 9.46 Å². The van der Waals surface area contributed by atoms with Crippen molar-refractivity contribution in [3.05, 3.63) is 40.2 Å². The van der Waals surface area contributed by atoms with Crippen LogP contribution in [0.5, 0.6) is 5.75 Å². The van der Waals surface area contributed by atoms with E-state index in [0.29, 0.717) is 4.47 Å². The molecule has 0 spiro atoms. The van der Waals surface area contributed by atoms with E-state index >= 15 is 0 Å². The second-order valence-electron chi connectivity index (χ2n) is 3.73. The molecular formula is C11H7BrF3NO3S2. The molecule has 0 aliphatic carbocycles. The first-order valence-corrected chi connectivity index (χ1v) is 8.44.